The van der Waals surface area contributed by atoms with E-state index in [0.717, 1.165) is 41.8 Å². The van der Waals surface area contributed by atoms with Gasteiger partial charge in [-0.25, -0.2) is 14.8 Å². The summed E-state index contributed by atoms with van der Waals surface area (Å²) in [4.78, 5) is 24.4. The fourth-order valence-corrected chi connectivity index (χ4v) is 5.49. The summed E-state index contributed by atoms with van der Waals surface area (Å²) in [5, 5.41) is 6.30. The molecule has 7 nitrogen and oxygen atoms in total. The number of hydrogen-bond acceptors (Lipinski definition) is 5. The van der Waals surface area contributed by atoms with Crippen LogP contribution in [0.5, 0.6) is 0 Å². The van der Waals surface area contributed by atoms with Gasteiger partial charge in [0.15, 0.2) is 0 Å². The van der Waals surface area contributed by atoms with E-state index in [-0.39, 0.29) is 11.4 Å². The van der Waals surface area contributed by atoms with Gasteiger partial charge < -0.3 is 21.3 Å². The number of nitrogen functional groups attached to an aromatic ring is 1. The Morgan fingerprint density at radius 2 is 1.67 bits per heavy atom. The van der Waals surface area contributed by atoms with Crippen molar-refractivity contribution >= 4 is 29.0 Å². The van der Waals surface area contributed by atoms with E-state index in [2.05, 4.69) is 39.9 Å². The first kappa shape index (κ1) is 22.1. The van der Waals surface area contributed by atoms with Crippen molar-refractivity contribution < 1.29 is 4.79 Å². The Labute approximate surface area is 210 Å². The predicted octanol–water partition coefficient (Wildman–Crippen LogP) is 5.59. The summed E-state index contributed by atoms with van der Waals surface area (Å²) in [6, 6.07) is 25.7. The molecular weight excluding hydrogens is 448 g/mol. The largest absolute Gasteiger partial charge is 0.399 e. The van der Waals surface area contributed by atoms with Crippen LogP contribution in [0.1, 0.15) is 24.0 Å². The van der Waals surface area contributed by atoms with Gasteiger partial charge in [0, 0.05) is 47.3 Å². The van der Waals surface area contributed by atoms with Gasteiger partial charge in [0.05, 0.1) is 5.69 Å². The summed E-state index contributed by atoms with van der Waals surface area (Å²) < 4.78 is 0. The molecule has 6 rings (SSSR count). The molecule has 2 heterocycles. The summed E-state index contributed by atoms with van der Waals surface area (Å²) >= 11 is 0. The number of nitrogens with one attached hydrogen (secondary N) is 2. The average molecular weight is 477 g/mol. The third-order valence-corrected chi connectivity index (χ3v) is 7.32. The molecule has 1 aliphatic heterocycles. The van der Waals surface area contributed by atoms with Crippen LogP contribution < -0.4 is 16.4 Å². The van der Waals surface area contributed by atoms with Gasteiger partial charge in [0.1, 0.15) is 0 Å². The minimum absolute atomic E-state index is 0.0325. The van der Waals surface area contributed by atoms with Crippen molar-refractivity contribution in [3.63, 3.8) is 0 Å². The molecule has 1 fully saturated rings. The quantitative estimate of drug-likeness (QED) is 0.335. The molecule has 180 valence electrons. The lowest BCUT2D eigenvalue weighted by Gasteiger charge is -2.45. The Morgan fingerprint density at radius 3 is 2.47 bits per heavy atom. The topological polar surface area (TPSA) is 96.2 Å². The molecule has 0 radical (unpaired) electrons. The fraction of sp³-hybridized carbons (Fsp3) is 0.207. The molecule has 36 heavy (non-hydrogen) atoms. The standard InChI is InChI=1S/C29H28N6O/c30-21-7-6-10-23(17-21)33-28(36)35-15-13-29(14-16-35)18-20-19-31-27(32-22-8-2-1-3-9-22)34-26(20)24-11-4-5-12-25(24)29/h1-12,17,19H,13-16,18,30H2,(H,33,36)(H,31,32,34). The number of para-hydroxylation sites is 1. The van der Waals surface area contributed by atoms with Crippen LogP contribution in [0, 0.1) is 0 Å². The number of rotatable bonds is 3. The average Bonchev–Trinajstić information content (AvgIpc) is 2.90. The van der Waals surface area contributed by atoms with Crippen molar-refractivity contribution in [2.45, 2.75) is 24.7 Å². The van der Waals surface area contributed by atoms with E-state index in [4.69, 9.17) is 10.7 Å². The maximum absolute atomic E-state index is 12.9. The zero-order valence-electron chi connectivity index (χ0n) is 19.9. The minimum Gasteiger partial charge on any atom is -0.399 e. The second-order valence-corrected chi connectivity index (χ2v) is 9.60. The highest BCUT2D eigenvalue weighted by atomic mass is 16.2. The molecule has 0 bridgehead atoms. The molecule has 2 aliphatic rings. The number of piperidine rings is 1. The molecule has 7 heteroatoms. The zero-order chi connectivity index (χ0) is 24.5. The zero-order valence-corrected chi connectivity index (χ0v) is 19.9. The molecule has 0 atom stereocenters. The van der Waals surface area contributed by atoms with Crippen molar-refractivity contribution in [2.75, 3.05) is 29.5 Å². The second-order valence-electron chi connectivity index (χ2n) is 9.60. The third kappa shape index (κ3) is 4.13. The highest BCUT2D eigenvalue weighted by Gasteiger charge is 2.42. The molecule has 4 N–H and O–H groups in total. The number of nitrogens with two attached hydrogens (primary N) is 1. The van der Waals surface area contributed by atoms with E-state index < -0.39 is 0 Å². The van der Waals surface area contributed by atoms with Crippen molar-refractivity contribution in [3.05, 3.63) is 96.2 Å². The molecule has 4 aromatic rings. The molecule has 3 aromatic carbocycles. The smallest absolute Gasteiger partial charge is 0.321 e. The van der Waals surface area contributed by atoms with E-state index in [1.165, 1.54) is 5.56 Å². The Balaban J connectivity index is 1.23. The van der Waals surface area contributed by atoms with Crippen molar-refractivity contribution in [1.82, 2.24) is 14.9 Å². The van der Waals surface area contributed by atoms with Crippen LogP contribution >= 0.6 is 0 Å². The van der Waals surface area contributed by atoms with E-state index in [1.54, 1.807) is 6.07 Å². The number of likely N-dealkylation sites (tertiary alicyclic amines) is 1. The summed E-state index contributed by atoms with van der Waals surface area (Å²) in [5.41, 5.74) is 12.8. The second kappa shape index (κ2) is 9.00. The van der Waals surface area contributed by atoms with Gasteiger partial charge in [-0.15, -0.1) is 0 Å². The predicted molar refractivity (Wildman–Crippen MR) is 143 cm³/mol. The van der Waals surface area contributed by atoms with E-state index in [9.17, 15) is 4.79 Å². The molecule has 0 unspecified atom stereocenters. The Hall–Kier alpha value is -4.39. The highest BCUT2D eigenvalue weighted by Crippen LogP contribution is 2.48. The van der Waals surface area contributed by atoms with E-state index in [0.29, 0.717) is 30.4 Å². The fourth-order valence-electron chi connectivity index (χ4n) is 5.49. The summed E-state index contributed by atoms with van der Waals surface area (Å²) in [6.07, 6.45) is 4.61. The first-order chi connectivity index (χ1) is 17.6. The van der Waals surface area contributed by atoms with Crippen molar-refractivity contribution in [1.29, 1.82) is 0 Å². The van der Waals surface area contributed by atoms with Gasteiger partial charge in [0.2, 0.25) is 5.95 Å². The number of benzene rings is 3. The molecule has 1 aromatic heterocycles. The Kier molecular flexibility index (Phi) is 5.52. The molecule has 2 amide bonds. The lowest BCUT2D eigenvalue weighted by Crippen LogP contribution is -2.48. The lowest BCUT2D eigenvalue weighted by atomic mass is 9.64. The van der Waals surface area contributed by atoms with Gasteiger partial charge in [-0.05, 0) is 60.7 Å². The third-order valence-electron chi connectivity index (χ3n) is 7.32. The first-order valence-electron chi connectivity index (χ1n) is 12.3. The number of fused-ring (bicyclic) bond motifs is 4. The maximum atomic E-state index is 12.9. The molecular formula is C29H28N6O. The highest BCUT2D eigenvalue weighted by molar-refractivity contribution is 5.90. The monoisotopic (exact) mass is 476 g/mol. The van der Waals surface area contributed by atoms with Gasteiger partial charge >= 0.3 is 6.03 Å². The van der Waals surface area contributed by atoms with Crippen LogP contribution in [0.25, 0.3) is 11.3 Å². The van der Waals surface area contributed by atoms with Crippen LogP contribution in [-0.2, 0) is 11.8 Å². The number of amides is 2. The van der Waals surface area contributed by atoms with Crippen LogP contribution in [0.2, 0.25) is 0 Å². The summed E-state index contributed by atoms with van der Waals surface area (Å²) in [6.45, 7) is 1.37. The van der Waals surface area contributed by atoms with Crippen LogP contribution in [0.3, 0.4) is 0 Å². The van der Waals surface area contributed by atoms with Crippen LogP contribution in [0.4, 0.5) is 27.8 Å². The minimum atomic E-state index is -0.0834. The number of carbonyl (C=O) groups excluding carboxylic acids is 1. The number of carbonyl (C=O) groups is 1. The number of hydrogen-bond donors (Lipinski definition) is 3. The molecule has 0 saturated carbocycles. The normalized spacial score (nSPS) is 15.6. The van der Waals surface area contributed by atoms with Crippen molar-refractivity contribution in [3.8, 4) is 11.3 Å². The lowest BCUT2D eigenvalue weighted by molar-refractivity contribution is 0.166. The number of nitrogens with zero attached hydrogens (tertiary/aromatic N) is 3. The molecule has 1 spiro atoms. The van der Waals surface area contributed by atoms with Gasteiger partial charge in [-0.1, -0.05) is 48.5 Å². The van der Waals surface area contributed by atoms with E-state index in [1.807, 2.05) is 59.6 Å². The molecule has 1 saturated heterocycles. The van der Waals surface area contributed by atoms with Crippen LogP contribution in [-0.4, -0.2) is 34.0 Å². The van der Waals surface area contributed by atoms with Gasteiger partial charge in [0.25, 0.3) is 0 Å². The molecule has 1 aliphatic carbocycles. The number of urea groups is 1. The van der Waals surface area contributed by atoms with E-state index >= 15 is 0 Å². The van der Waals surface area contributed by atoms with Gasteiger partial charge in [-0.2, -0.15) is 0 Å². The SMILES string of the molecule is Nc1cccc(NC(=O)N2CCC3(CC2)Cc2cnc(Nc4ccccc4)nc2-c2ccccc23)c1. The number of anilines is 4. The van der Waals surface area contributed by atoms with Crippen LogP contribution in [0.15, 0.2) is 85.1 Å². The number of aromatic nitrogens is 2. The van der Waals surface area contributed by atoms with Crippen molar-refractivity contribution in [2.24, 2.45) is 0 Å². The Bertz CT molecular complexity index is 1410. The maximum Gasteiger partial charge on any atom is 0.321 e. The summed E-state index contributed by atoms with van der Waals surface area (Å²) in [5.74, 6) is 0.596. The van der Waals surface area contributed by atoms with Gasteiger partial charge in [-0.3, -0.25) is 0 Å². The Morgan fingerprint density at radius 1 is 0.917 bits per heavy atom. The summed E-state index contributed by atoms with van der Waals surface area (Å²) in [7, 11) is 0. The first-order valence-corrected chi connectivity index (χ1v) is 12.3.